The number of hydrogen-bond donors (Lipinski definition) is 0. The van der Waals surface area contributed by atoms with E-state index in [1.165, 1.54) is 17.5 Å². The van der Waals surface area contributed by atoms with E-state index in [2.05, 4.69) is 11.8 Å². The molecule has 0 saturated carbocycles. The fraction of sp³-hybridized carbons (Fsp3) is 0.231. The van der Waals surface area contributed by atoms with Gasteiger partial charge in [0.1, 0.15) is 6.04 Å². The Labute approximate surface area is 105 Å². The minimum Gasteiger partial charge on any atom is -0.368 e. The Hall–Kier alpha value is -1.70. The summed E-state index contributed by atoms with van der Waals surface area (Å²) in [4.78, 5) is 12.9. The second-order valence-electron chi connectivity index (χ2n) is 3.59. The first-order chi connectivity index (χ1) is 8.27. The summed E-state index contributed by atoms with van der Waals surface area (Å²) in [5.74, 6) is 5.88. The Morgan fingerprint density at radius 2 is 2.12 bits per heavy atom. The zero-order valence-corrected chi connectivity index (χ0v) is 10.1. The first-order valence-electron chi connectivity index (χ1n) is 5.15. The lowest BCUT2D eigenvalue weighted by molar-refractivity contribution is -0.155. The fourth-order valence-corrected chi connectivity index (χ4v) is 1.89. The lowest BCUT2D eigenvalue weighted by atomic mass is 9.99. The summed E-state index contributed by atoms with van der Waals surface area (Å²) in [6.07, 6.45) is -0.495. The fourth-order valence-electron chi connectivity index (χ4n) is 1.65. The average Bonchev–Trinajstić information content (AvgIpc) is 2.36. The first kappa shape index (κ1) is 11.8. The summed E-state index contributed by atoms with van der Waals surface area (Å²) in [5, 5.41) is 0. The maximum Gasteiger partial charge on any atom is 0.260 e. The molecule has 1 saturated heterocycles. The maximum absolute atomic E-state index is 11.5. The monoisotopic (exact) mass is 245 g/mol. The molecule has 2 atom stereocenters. The summed E-state index contributed by atoms with van der Waals surface area (Å²) < 4.78 is 5.07. The highest BCUT2D eigenvalue weighted by Gasteiger charge is 2.46. The highest BCUT2D eigenvalue weighted by Crippen LogP contribution is 2.20. The van der Waals surface area contributed by atoms with Gasteiger partial charge in [0.15, 0.2) is 6.10 Å². The van der Waals surface area contributed by atoms with Crippen molar-refractivity contribution in [2.75, 3.05) is 7.11 Å². The Morgan fingerprint density at radius 3 is 2.71 bits per heavy atom. The van der Waals surface area contributed by atoms with Gasteiger partial charge in [0.2, 0.25) is 0 Å². The number of benzene rings is 1. The smallest absolute Gasteiger partial charge is 0.260 e. The third-order valence-electron chi connectivity index (χ3n) is 2.59. The van der Waals surface area contributed by atoms with E-state index in [-0.39, 0.29) is 11.9 Å². The highest BCUT2D eigenvalue weighted by atomic mass is 32.1. The van der Waals surface area contributed by atoms with Gasteiger partial charge in [-0.3, -0.25) is 9.69 Å². The third kappa shape index (κ3) is 2.21. The molecule has 3 nitrogen and oxygen atoms in total. The van der Waals surface area contributed by atoms with Crippen LogP contribution in [0.2, 0.25) is 0 Å². The highest BCUT2D eigenvalue weighted by molar-refractivity contribution is 7.78. The number of carbonyl (C=O) groups is 1. The van der Waals surface area contributed by atoms with Crippen molar-refractivity contribution in [3.8, 4) is 11.8 Å². The van der Waals surface area contributed by atoms with Gasteiger partial charge in [0.05, 0.1) is 5.49 Å². The van der Waals surface area contributed by atoms with Gasteiger partial charge < -0.3 is 4.74 Å². The number of rotatable bonds is 2. The lowest BCUT2D eigenvalue weighted by Gasteiger charge is -2.40. The first-order valence-corrected chi connectivity index (χ1v) is 5.62. The van der Waals surface area contributed by atoms with E-state index >= 15 is 0 Å². The van der Waals surface area contributed by atoms with Crippen molar-refractivity contribution in [3.05, 3.63) is 35.9 Å². The molecule has 1 amide bonds. The summed E-state index contributed by atoms with van der Waals surface area (Å²) in [6.45, 7) is 0. The minimum absolute atomic E-state index is 0.130. The van der Waals surface area contributed by atoms with Crippen LogP contribution in [0.25, 0.3) is 0 Å². The number of thiocarbonyl (C=S) groups is 1. The lowest BCUT2D eigenvalue weighted by Crippen LogP contribution is -2.63. The standard InChI is InChI=1S/C13H11NO2S/c1-16-12-11(14(9-17)13(12)15)8-7-10-5-3-2-4-6-10/h2-6,9,11-12H,1H3. The summed E-state index contributed by atoms with van der Waals surface area (Å²) in [7, 11) is 1.50. The second-order valence-corrected chi connectivity index (χ2v) is 3.80. The molecule has 0 bridgehead atoms. The van der Waals surface area contributed by atoms with Gasteiger partial charge in [-0.15, -0.1) is 0 Å². The van der Waals surface area contributed by atoms with Crippen LogP contribution in [0, 0.1) is 11.8 Å². The molecular weight excluding hydrogens is 234 g/mol. The maximum atomic E-state index is 11.5. The number of ether oxygens (including phenoxy) is 1. The molecule has 4 heteroatoms. The van der Waals surface area contributed by atoms with Gasteiger partial charge in [-0.25, -0.2) is 0 Å². The molecule has 2 rings (SSSR count). The van der Waals surface area contributed by atoms with Crippen LogP contribution in [-0.2, 0) is 9.53 Å². The minimum atomic E-state index is -0.495. The molecule has 1 aliphatic heterocycles. The van der Waals surface area contributed by atoms with Gasteiger partial charge in [-0.05, 0) is 12.1 Å². The Bertz CT molecular complexity index is 489. The number of carbonyl (C=O) groups excluding carboxylic acids is 1. The molecule has 17 heavy (non-hydrogen) atoms. The number of amides is 1. The van der Waals surface area contributed by atoms with Crippen molar-refractivity contribution in [3.63, 3.8) is 0 Å². The van der Waals surface area contributed by atoms with Crippen LogP contribution in [-0.4, -0.2) is 35.6 Å². The molecule has 0 aliphatic carbocycles. The van der Waals surface area contributed by atoms with Crippen LogP contribution in [0.1, 0.15) is 5.56 Å². The Balaban J connectivity index is 2.16. The average molecular weight is 245 g/mol. The summed E-state index contributed by atoms with van der Waals surface area (Å²) in [5.41, 5.74) is 2.23. The van der Waals surface area contributed by atoms with Crippen LogP contribution < -0.4 is 0 Å². The normalized spacial score (nSPS) is 22.4. The van der Waals surface area contributed by atoms with Crippen molar-refractivity contribution in [1.29, 1.82) is 0 Å². The molecule has 1 heterocycles. The van der Waals surface area contributed by atoms with Gasteiger partial charge in [-0.2, -0.15) is 0 Å². The van der Waals surface area contributed by atoms with Gasteiger partial charge in [-0.1, -0.05) is 42.3 Å². The molecule has 1 aromatic carbocycles. The van der Waals surface area contributed by atoms with Crippen LogP contribution in [0.3, 0.4) is 0 Å². The number of β-lactam (4-membered cyclic amide) rings is 1. The molecule has 0 N–H and O–H groups in total. The van der Waals surface area contributed by atoms with Crippen molar-refractivity contribution in [2.45, 2.75) is 12.1 Å². The SMILES string of the molecule is COC1C(=O)N(C=S)C1C#Cc1ccccc1. The van der Waals surface area contributed by atoms with Crippen molar-refractivity contribution in [1.82, 2.24) is 4.90 Å². The topological polar surface area (TPSA) is 29.5 Å². The largest absolute Gasteiger partial charge is 0.368 e. The van der Waals surface area contributed by atoms with Gasteiger partial charge >= 0.3 is 0 Å². The number of hydrogen-bond acceptors (Lipinski definition) is 3. The molecule has 1 fully saturated rings. The van der Waals surface area contributed by atoms with Gasteiger partial charge in [0, 0.05) is 12.7 Å². The summed E-state index contributed by atoms with van der Waals surface area (Å²) >= 11 is 4.77. The van der Waals surface area contributed by atoms with Crippen LogP contribution in [0.4, 0.5) is 0 Å². The van der Waals surface area contributed by atoms with E-state index in [0.29, 0.717) is 0 Å². The predicted octanol–water partition coefficient (Wildman–Crippen LogP) is 1.22. The van der Waals surface area contributed by atoms with E-state index in [1.807, 2.05) is 30.3 Å². The van der Waals surface area contributed by atoms with Crippen molar-refractivity contribution < 1.29 is 9.53 Å². The molecule has 1 aliphatic rings. The van der Waals surface area contributed by atoms with Crippen LogP contribution in [0.5, 0.6) is 0 Å². The zero-order valence-electron chi connectivity index (χ0n) is 9.29. The third-order valence-corrected chi connectivity index (χ3v) is 2.82. The quantitative estimate of drug-likeness (QED) is 0.446. The number of likely N-dealkylation sites (tertiary alicyclic amines) is 1. The van der Waals surface area contributed by atoms with Crippen LogP contribution >= 0.6 is 12.2 Å². The zero-order chi connectivity index (χ0) is 12.3. The number of methoxy groups -OCH3 is 1. The van der Waals surface area contributed by atoms with E-state index in [0.717, 1.165) is 5.56 Å². The molecule has 0 spiro atoms. The second kappa shape index (κ2) is 5.09. The van der Waals surface area contributed by atoms with E-state index in [1.54, 1.807) is 0 Å². The molecule has 1 aromatic rings. The summed E-state index contributed by atoms with van der Waals surface area (Å²) in [6, 6.07) is 9.32. The Kier molecular flexibility index (Phi) is 3.52. The van der Waals surface area contributed by atoms with Crippen molar-refractivity contribution >= 4 is 23.6 Å². The predicted molar refractivity (Wildman–Crippen MR) is 68.4 cm³/mol. The van der Waals surface area contributed by atoms with E-state index < -0.39 is 6.10 Å². The van der Waals surface area contributed by atoms with E-state index in [4.69, 9.17) is 17.0 Å². The van der Waals surface area contributed by atoms with Crippen LogP contribution in [0.15, 0.2) is 30.3 Å². The molecule has 2 unspecified atom stereocenters. The number of nitrogens with zero attached hydrogens (tertiary/aromatic N) is 1. The van der Waals surface area contributed by atoms with Crippen molar-refractivity contribution in [2.24, 2.45) is 0 Å². The molecule has 0 aromatic heterocycles. The van der Waals surface area contributed by atoms with Gasteiger partial charge in [0.25, 0.3) is 5.91 Å². The molecule has 0 radical (unpaired) electrons. The molecular formula is C13H11NO2S. The molecule has 86 valence electrons. The Morgan fingerprint density at radius 1 is 1.41 bits per heavy atom. The van der Waals surface area contributed by atoms with E-state index in [9.17, 15) is 4.79 Å².